The normalized spacial score (nSPS) is 10.2. The molecule has 3 rings (SSSR count). The van der Waals surface area contributed by atoms with Gasteiger partial charge in [-0.15, -0.1) is 11.3 Å². The molecule has 3 aromatic rings. The summed E-state index contributed by atoms with van der Waals surface area (Å²) in [6, 6.07) is 12.3. The Kier molecular flexibility index (Phi) is 4.99. The van der Waals surface area contributed by atoms with E-state index in [1.165, 1.54) is 6.26 Å². The molecule has 2 aromatic heterocycles. The summed E-state index contributed by atoms with van der Waals surface area (Å²) in [6.45, 7) is 0. The maximum Gasteiger partial charge on any atom is 0.316 e. The maximum atomic E-state index is 12.3. The molecule has 132 valence electrons. The summed E-state index contributed by atoms with van der Waals surface area (Å²) in [5.74, 6) is -0.554. The van der Waals surface area contributed by atoms with Gasteiger partial charge in [-0.3, -0.25) is 9.59 Å². The molecule has 0 radical (unpaired) electrons. The highest BCUT2D eigenvalue weighted by Gasteiger charge is 2.13. The number of anilines is 3. The van der Waals surface area contributed by atoms with Gasteiger partial charge in [0.1, 0.15) is 0 Å². The van der Waals surface area contributed by atoms with Crippen molar-refractivity contribution in [3.8, 4) is 0 Å². The first kappa shape index (κ1) is 17.2. The summed E-state index contributed by atoms with van der Waals surface area (Å²) < 4.78 is 5.01. The van der Waals surface area contributed by atoms with E-state index in [2.05, 4.69) is 16.0 Å². The minimum atomic E-state index is -0.691. The lowest BCUT2D eigenvalue weighted by Crippen LogP contribution is -2.19. The third-order valence-corrected chi connectivity index (χ3v) is 4.20. The van der Waals surface area contributed by atoms with E-state index in [1.54, 1.807) is 48.5 Å². The van der Waals surface area contributed by atoms with Gasteiger partial charge in [-0.05, 0) is 42.5 Å². The molecule has 0 unspecified atom stereocenters. The molecular weight excluding hydrogens is 356 g/mol. The first-order chi connectivity index (χ1) is 12.5. The molecule has 0 aliphatic carbocycles. The number of nitrogens with two attached hydrogens (primary N) is 1. The van der Waals surface area contributed by atoms with Gasteiger partial charge in [-0.25, -0.2) is 4.79 Å². The zero-order valence-electron chi connectivity index (χ0n) is 13.3. The number of carbonyl (C=O) groups is 3. The van der Waals surface area contributed by atoms with Gasteiger partial charge in [0.2, 0.25) is 0 Å². The number of primary amides is 1. The molecule has 0 bridgehead atoms. The van der Waals surface area contributed by atoms with Crippen molar-refractivity contribution in [2.24, 2.45) is 5.73 Å². The monoisotopic (exact) mass is 370 g/mol. The van der Waals surface area contributed by atoms with Crippen LogP contribution in [0.25, 0.3) is 0 Å². The van der Waals surface area contributed by atoms with Crippen molar-refractivity contribution in [1.82, 2.24) is 0 Å². The van der Waals surface area contributed by atoms with E-state index in [0.29, 0.717) is 21.3 Å². The number of amides is 4. The fraction of sp³-hybridized carbons (Fsp3) is 0. The van der Waals surface area contributed by atoms with Gasteiger partial charge in [-0.2, -0.15) is 0 Å². The van der Waals surface area contributed by atoms with Crippen LogP contribution in [0.3, 0.4) is 0 Å². The van der Waals surface area contributed by atoms with Crippen LogP contribution < -0.4 is 21.7 Å². The first-order valence-corrected chi connectivity index (χ1v) is 8.25. The number of carbonyl (C=O) groups excluding carboxylic acids is 3. The number of hydrogen-bond acceptors (Lipinski definition) is 5. The van der Waals surface area contributed by atoms with Crippen molar-refractivity contribution >= 4 is 45.6 Å². The molecule has 0 saturated carbocycles. The second kappa shape index (κ2) is 7.53. The molecule has 4 amide bonds. The minimum absolute atomic E-state index is 0.183. The third kappa shape index (κ3) is 4.28. The standard InChI is InChI=1S/C17H14N4O4S/c18-17(24)20-11-4-1-3-10(9-11)19-16(23)13-6-7-14(26-13)21-15(22)12-5-2-8-25-12/h1-9H,(H,19,23)(H,21,22)(H3,18,20,24). The molecule has 0 spiro atoms. The topological polar surface area (TPSA) is 126 Å². The van der Waals surface area contributed by atoms with E-state index in [0.717, 1.165) is 11.3 Å². The fourth-order valence-corrected chi connectivity index (χ4v) is 2.91. The Labute approximate surface area is 152 Å². The Bertz CT molecular complexity index is 949. The molecule has 26 heavy (non-hydrogen) atoms. The van der Waals surface area contributed by atoms with Crippen molar-refractivity contribution in [3.05, 3.63) is 65.4 Å². The molecule has 0 aliphatic heterocycles. The molecule has 0 atom stereocenters. The SMILES string of the molecule is NC(=O)Nc1cccc(NC(=O)c2ccc(NC(=O)c3ccco3)s2)c1. The molecule has 8 nitrogen and oxygen atoms in total. The summed E-state index contributed by atoms with van der Waals surface area (Å²) in [7, 11) is 0. The number of furan rings is 1. The highest BCUT2D eigenvalue weighted by Crippen LogP contribution is 2.24. The first-order valence-electron chi connectivity index (χ1n) is 7.44. The molecule has 0 aliphatic rings. The number of rotatable bonds is 5. The van der Waals surface area contributed by atoms with Crippen molar-refractivity contribution in [3.63, 3.8) is 0 Å². The van der Waals surface area contributed by atoms with E-state index in [9.17, 15) is 14.4 Å². The second-order valence-corrected chi connectivity index (χ2v) is 6.20. The van der Waals surface area contributed by atoms with Crippen LogP contribution in [0.5, 0.6) is 0 Å². The molecular formula is C17H14N4O4S. The Morgan fingerprint density at radius 1 is 0.885 bits per heavy atom. The number of urea groups is 1. The van der Waals surface area contributed by atoms with Crippen molar-refractivity contribution in [2.75, 3.05) is 16.0 Å². The molecule has 1 aromatic carbocycles. The predicted octanol–water partition coefficient (Wildman–Crippen LogP) is 3.34. The quantitative estimate of drug-likeness (QED) is 0.549. The average Bonchev–Trinajstić information content (AvgIpc) is 3.26. The molecule has 9 heteroatoms. The van der Waals surface area contributed by atoms with E-state index in [-0.39, 0.29) is 11.7 Å². The highest BCUT2D eigenvalue weighted by molar-refractivity contribution is 7.18. The van der Waals surface area contributed by atoms with E-state index < -0.39 is 11.9 Å². The summed E-state index contributed by atoms with van der Waals surface area (Å²) in [4.78, 5) is 35.6. The maximum absolute atomic E-state index is 12.3. The lowest BCUT2D eigenvalue weighted by molar-refractivity contribution is 0.0995. The van der Waals surface area contributed by atoms with Crippen molar-refractivity contribution in [2.45, 2.75) is 0 Å². The zero-order chi connectivity index (χ0) is 18.5. The van der Waals surface area contributed by atoms with Crippen LogP contribution in [0.1, 0.15) is 20.2 Å². The zero-order valence-corrected chi connectivity index (χ0v) is 14.1. The van der Waals surface area contributed by atoms with Crippen LogP contribution in [0.4, 0.5) is 21.2 Å². The van der Waals surface area contributed by atoms with Gasteiger partial charge in [0.05, 0.1) is 16.1 Å². The molecule has 2 heterocycles. The summed E-state index contributed by atoms with van der Waals surface area (Å²) in [5, 5.41) is 8.32. The number of benzene rings is 1. The van der Waals surface area contributed by atoms with Crippen LogP contribution in [-0.2, 0) is 0 Å². The van der Waals surface area contributed by atoms with Crippen LogP contribution >= 0.6 is 11.3 Å². The largest absolute Gasteiger partial charge is 0.459 e. The minimum Gasteiger partial charge on any atom is -0.459 e. The van der Waals surface area contributed by atoms with Gasteiger partial charge in [0.25, 0.3) is 11.8 Å². The molecule has 0 saturated heterocycles. The Hall–Kier alpha value is -3.59. The smallest absolute Gasteiger partial charge is 0.316 e. The lowest BCUT2D eigenvalue weighted by atomic mass is 10.2. The Balaban J connectivity index is 1.65. The average molecular weight is 370 g/mol. The number of nitrogens with one attached hydrogen (secondary N) is 3. The third-order valence-electron chi connectivity index (χ3n) is 3.20. The van der Waals surface area contributed by atoms with Gasteiger partial charge < -0.3 is 26.1 Å². The van der Waals surface area contributed by atoms with Crippen molar-refractivity contribution in [1.29, 1.82) is 0 Å². The summed E-state index contributed by atoms with van der Waals surface area (Å²) in [5.41, 5.74) is 6.03. The van der Waals surface area contributed by atoms with Crippen LogP contribution in [0, 0.1) is 0 Å². The molecule has 0 fully saturated rings. The van der Waals surface area contributed by atoms with E-state index >= 15 is 0 Å². The van der Waals surface area contributed by atoms with Gasteiger partial charge in [0, 0.05) is 11.4 Å². The number of thiophene rings is 1. The van der Waals surface area contributed by atoms with E-state index in [4.69, 9.17) is 10.2 Å². The second-order valence-electron chi connectivity index (χ2n) is 5.12. The van der Waals surface area contributed by atoms with Crippen molar-refractivity contribution < 1.29 is 18.8 Å². The van der Waals surface area contributed by atoms with Gasteiger partial charge in [0.15, 0.2) is 5.76 Å². The highest BCUT2D eigenvalue weighted by atomic mass is 32.1. The Morgan fingerprint density at radius 2 is 1.65 bits per heavy atom. The van der Waals surface area contributed by atoms with E-state index in [1.807, 2.05) is 0 Å². The number of hydrogen-bond donors (Lipinski definition) is 4. The van der Waals surface area contributed by atoms with Crippen LogP contribution in [0.15, 0.2) is 59.2 Å². The van der Waals surface area contributed by atoms with Gasteiger partial charge >= 0.3 is 6.03 Å². The van der Waals surface area contributed by atoms with Crippen LogP contribution in [-0.4, -0.2) is 17.8 Å². The summed E-state index contributed by atoms with van der Waals surface area (Å²) in [6.07, 6.45) is 1.41. The summed E-state index contributed by atoms with van der Waals surface area (Å²) >= 11 is 1.13. The lowest BCUT2D eigenvalue weighted by Gasteiger charge is -2.06. The van der Waals surface area contributed by atoms with Crippen LogP contribution in [0.2, 0.25) is 0 Å². The predicted molar refractivity (Wildman–Crippen MR) is 98.6 cm³/mol. The Morgan fingerprint density at radius 3 is 2.35 bits per heavy atom. The molecule has 5 N–H and O–H groups in total. The van der Waals surface area contributed by atoms with Gasteiger partial charge in [-0.1, -0.05) is 6.07 Å². The fourth-order valence-electron chi connectivity index (χ4n) is 2.12.